The summed E-state index contributed by atoms with van der Waals surface area (Å²) in [7, 11) is 1.50. The summed E-state index contributed by atoms with van der Waals surface area (Å²) in [4.78, 5) is 20.5. The van der Waals surface area contributed by atoms with Gasteiger partial charge in [0.2, 0.25) is 0 Å². The predicted octanol–water partition coefficient (Wildman–Crippen LogP) is 5.51. The number of aryl methyl sites for hydroxylation is 1. The Kier molecular flexibility index (Phi) is 10.6. The third-order valence-corrected chi connectivity index (χ3v) is 5.70. The molecule has 0 spiro atoms. The number of hydrogen-bond acceptors (Lipinski definition) is 5. The van der Waals surface area contributed by atoms with Crippen LogP contribution >= 0.6 is 11.6 Å². The van der Waals surface area contributed by atoms with Crippen molar-refractivity contribution in [3.63, 3.8) is 0 Å². The van der Waals surface area contributed by atoms with Crippen molar-refractivity contribution in [2.24, 2.45) is 16.6 Å². The molecular weight excluding hydrogens is 440 g/mol. The number of nitrogens with zero attached hydrogens (tertiary/aromatic N) is 1. The van der Waals surface area contributed by atoms with Crippen LogP contribution in [0.1, 0.15) is 62.0 Å². The van der Waals surface area contributed by atoms with Gasteiger partial charge >= 0.3 is 5.97 Å². The molecule has 2 aromatic rings. The lowest BCUT2D eigenvalue weighted by molar-refractivity contribution is -0.136. The zero-order chi connectivity index (χ0) is 25.2. The minimum atomic E-state index is -0.806. The molecule has 0 aliphatic heterocycles. The van der Waals surface area contributed by atoms with E-state index in [1.807, 2.05) is 12.1 Å². The maximum absolute atomic E-state index is 10.3. The number of hydrogen-bond donors (Lipinski definition) is 2. The highest BCUT2D eigenvalue weighted by Crippen LogP contribution is 2.55. The number of carboxylic acid groups (broad SMARTS) is 1. The molecule has 2 aromatic carbocycles. The van der Waals surface area contributed by atoms with Crippen molar-refractivity contribution in [1.29, 1.82) is 5.26 Å². The second-order valence-electron chi connectivity index (χ2n) is 9.16. The molecule has 0 unspecified atom stereocenters. The summed E-state index contributed by atoms with van der Waals surface area (Å²) in [6.07, 6.45) is 2.72. The Morgan fingerprint density at radius 1 is 1.18 bits per heavy atom. The van der Waals surface area contributed by atoms with Crippen LogP contribution in [0.5, 0.6) is 5.75 Å². The summed E-state index contributed by atoms with van der Waals surface area (Å²) in [5.41, 5.74) is 6.90. The molecular formula is C26H33ClN2O4. The number of aliphatic carboxylic acids is 1. The van der Waals surface area contributed by atoms with Crippen LogP contribution in [-0.4, -0.2) is 30.5 Å². The number of carboxylic acids is 1. The number of ether oxygens (including phenoxy) is 1. The van der Waals surface area contributed by atoms with Gasteiger partial charge in [-0.2, -0.15) is 5.26 Å². The van der Waals surface area contributed by atoms with Gasteiger partial charge in [-0.3, -0.25) is 9.59 Å². The number of nitrogens with two attached hydrogens (primary N) is 1. The molecule has 0 amide bonds. The molecule has 1 fully saturated rings. The number of nitriles is 1. The molecule has 0 radical (unpaired) electrons. The van der Waals surface area contributed by atoms with E-state index in [-0.39, 0.29) is 23.4 Å². The maximum Gasteiger partial charge on any atom is 0.303 e. The van der Waals surface area contributed by atoms with Crippen LogP contribution in [0.4, 0.5) is 0 Å². The molecule has 178 valence electrons. The lowest BCUT2D eigenvalue weighted by Gasteiger charge is -2.56. The minimum absolute atomic E-state index is 0.125. The van der Waals surface area contributed by atoms with E-state index in [2.05, 4.69) is 33.4 Å². The van der Waals surface area contributed by atoms with Gasteiger partial charge in [0, 0.05) is 28.9 Å². The van der Waals surface area contributed by atoms with Crippen molar-refractivity contribution in [2.45, 2.75) is 53.1 Å². The molecule has 1 aliphatic carbocycles. The highest BCUT2D eigenvalue weighted by Gasteiger charge is 2.54. The Morgan fingerprint density at radius 2 is 1.76 bits per heavy atom. The topological polar surface area (TPSA) is 113 Å². The summed E-state index contributed by atoms with van der Waals surface area (Å²) in [5, 5.41) is 17.7. The Morgan fingerprint density at radius 3 is 2.18 bits per heavy atom. The fourth-order valence-electron chi connectivity index (χ4n) is 4.42. The van der Waals surface area contributed by atoms with E-state index in [1.165, 1.54) is 7.05 Å². The van der Waals surface area contributed by atoms with Gasteiger partial charge in [-0.05, 0) is 37.6 Å². The first kappa shape index (κ1) is 28.2. The van der Waals surface area contributed by atoms with Gasteiger partial charge in [-0.25, -0.2) is 0 Å². The molecule has 0 bridgehead atoms. The van der Waals surface area contributed by atoms with Crippen LogP contribution in [-0.2, 0) is 11.2 Å². The van der Waals surface area contributed by atoms with Crippen LogP contribution < -0.4 is 10.5 Å². The summed E-state index contributed by atoms with van der Waals surface area (Å²) in [6, 6.07) is 14.2. The van der Waals surface area contributed by atoms with Gasteiger partial charge < -0.3 is 15.6 Å². The zero-order valence-electron chi connectivity index (χ0n) is 19.9. The molecule has 3 rings (SSSR count). The highest BCUT2D eigenvalue weighted by molar-refractivity contribution is 6.31. The Hall–Kier alpha value is -2.88. The van der Waals surface area contributed by atoms with Gasteiger partial charge in [-0.15, -0.1) is 0 Å². The number of rotatable bonds is 6. The fraction of sp³-hybridized carbons (Fsp3) is 0.423. The molecule has 0 saturated heterocycles. The van der Waals surface area contributed by atoms with Crippen molar-refractivity contribution in [3.8, 4) is 11.8 Å². The fourth-order valence-corrected chi connectivity index (χ4v) is 4.63. The van der Waals surface area contributed by atoms with E-state index >= 15 is 0 Å². The number of carbonyl (C=O) groups is 2. The average Bonchev–Trinajstić information content (AvgIpc) is 2.77. The first-order valence-electron chi connectivity index (χ1n) is 10.7. The normalized spacial score (nSPS) is 15.3. The van der Waals surface area contributed by atoms with Gasteiger partial charge in [0.15, 0.2) is 0 Å². The molecule has 1 saturated carbocycles. The van der Waals surface area contributed by atoms with E-state index < -0.39 is 5.97 Å². The molecule has 0 atom stereocenters. The van der Waals surface area contributed by atoms with Crippen LogP contribution in [0, 0.1) is 22.2 Å². The smallest absolute Gasteiger partial charge is 0.303 e. The molecule has 1 aliphatic rings. The van der Waals surface area contributed by atoms with Crippen molar-refractivity contribution in [3.05, 3.63) is 64.2 Å². The summed E-state index contributed by atoms with van der Waals surface area (Å²) in [5.74, 6) is -0.0655. The van der Waals surface area contributed by atoms with Gasteiger partial charge in [0.1, 0.15) is 24.2 Å². The van der Waals surface area contributed by atoms with Crippen molar-refractivity contribution < 1.29 is 19.4 Å². The largest absolute Gasteiger partial charge is 0.489 e. The number of aldehydes is 1. The van der Waals surface area contributed by atoms with E-state index in [0.717, 1.165) is 24.0 Å². The monoisotopic (exact) mass is 472 g/mol. The van der Waals surface area contributed by atoms with Crippen LogP contribution in [0.15, 0.2) is 42.5 Å². The molecule has 33 heavy (non-hydrogen) atoms. The quantitative estimate of drug-likeness (QED) is 0.536. The first-order chi connectivity index (χ1) is 15.5. The second-order valence-corrected chi connectivity index (χ2v) is 9.57. The first-order valence-corrected chi connectivity index (χ1v) is 11.1. The predicted molar refractivity (Wildman–Crippen MR) is 131 cm³/mol. The zero-order valence-corrected chi connectivity index (χ0v) is 20.6. The van der Waals surface area contributed by atoms with E-state index in [4.69, 9.17) is 26.7 Å². The van der Waals surface area contributed by atoms with Crippen molar-refractivity contribution >= 4 is 23.9 Å². The van der Waals surface area contributed by atoms with Gasteiger partial charge in [0.05, 0.1) is 10.6 Å². The SMILES string of the molecule is CC1(C)CC(C)(C)C1Oc1ccc(C#N)c(Cl)c1.CN.O=Cc1ccc(CCC(=O)O)cc1. The minimum Gasteiger partial charge on any atom is -0.489 e. The lowest BCUT2D eigenvalue weighted by Crippen LogP contribution is -2.58. The average molecular weight is 473 g/mol. The van der Waals surface area contributed by atoms with E-state index in [0.29, 0.717) is 22.6 Å². The molecule has 6 nitrogen and oxygen atoms in total. The molecule has 0 heterocycles. The van der Waals surface area contributed by atoms with Crippen LogP contribution in [0.2, 0.25) is 5.02 Å². The third kappa shape index (κ3) is 8.20. The summed E-state index contributed by atoms with van der Waals surface area (Å²) < 4.78 is 6.07. The van der Waals surface area contributed by atoms with E-state index in [9.17, 15) is 9.59 Å². The van der Waals surface area contributed by atoms with Gasteiger partial charge in [0.25, 0.3) is 0 Å². The number of carbonyl (C=O) groups excluding carboxylic acids is 1. The van der Waals surface area contributed by atoms with Crippen LogP contribution in [0.3, 0.4) is 0 Å². The standard InChI is InChI=1S/C15H18ClNO.C10H10O3.CH5N/c1-14(2)9-15(3,4)13(14)18-11-6-5-10(8-17)12(16)7-11;11-7-9-3-1-8(2-4-9)5-6-10(12)13;1-2/h5-7,13H,9H2,1-4H3;1-4,7H,5-6H2,(H,12,13);2H2,1H3. The third-order valence-electron chi connectivity index (χ3n) is 5.39. The van der Waals surface area contributed by atoms with Crippen molar-refractivity contribution in [1.82, 2.24) is 0 Å². The van der Waals surface area contributed by atoms with E-state index in [1.54, 1.807) is 36.4 Å². The van der Waals surface area contributed by atoms with Crippen LogP contribution in [0.25, 0.3) is 0 Å². The van der Waals surface area contributed by atoms with Crippen molar-refractivity contribution in [2.75, 3.05) is 7.05 Å². The summed E-state index contributed by atoms with van der Waals surface area (Å²) >= 11 is 6.01. The lowest BCUT2D eigenvalue weighted by atomic mass is 9.53. The second kappa shape index (κ2) is 12.4. The van der Waals surface area contributed by atoms with Gasteiger partial charge in [-0.1, -0.05) is 63.6 Å². The molecule has 0 aromatic heterocycles. The number of benzene rings is 2. The Bertz CT molecular complexity index is 965. The maximum atomic E-state index is 10.3. The Labute approximate surface area is 201 Å². The highest BCUT2D eigenvalue weighted by atomic mass is 35.5. The number of halogens is 1. The Balaban J connectivity index is 0.000000322. The molecule has 3 N–H and O–H groups in total. The molecule has 7 heteroatoms. The summed E-state index contributed by atoms with van der Waals surface area (Å²) in [6.45, 7) is 8.87.